The summed E-state index contributed by atoms with van der Waals surface area (Å²) in [5.41, 5.74) is 1.93. The number of hydrogen-bond donors (Lipinski definition) is 2. The van der Waals surface area contributed by atoms with Crippen molar-refractivity contribution in [1.82, 2.24) is 5.32 Å². The van der Waals surface area contributed by atoms with Crippen LogP contribution in [0.1, 0.15) is 43.1 Å². The van der Waals surface area contributed by atoms with Gasteiger partial charge < -0.3 is 10.6 Å². The number of rotatable bonds is 6. The lowest BCUT2D eigenvalue weighted by Gasteiger charge is -2.24. The van der Waals surface area contributed by atoms with E-state index in [-0.39, 0.29) is 17.4 Å². The normalized spacial score (nSPS) is 11.3. The molecule has 130 valence electrons. The molecule has 0 saturated heterocycles. The summed E-state index contributed by atoms with van der Waals surface area (Å²) in [5.74, 6) is -0.332. The minimum atomic E-state index is -0.244. The first-order valence-electron chi connectivity index (χ1n) is 8.36. The largest absolute Gasteiger partial charge is 0.347 e. The molecule has 0 spiro atoms. The van der Waals surface area contributed by atoms with Gasteiger partial charge in [-0.15, -0.1) is 0 Å². The van der Waals surface area contributed by atoms with Crippen molar-refractivity contribution in [1.29, 1.82) is 0 Å². The predicted molar refractivity (Wildman–Crippen MR) is 102 cm³/mol. The molecule has 2 N–H and O–H groups in total. The van der Waals surface area contributed by atoms with Crippen LogP contribution in [0.3, 0.4) is 0 Å². The monoisotopic (exact) mass is 336 g/mol. The topological polar surface area (TPSA) is 58.2 Å². The molecule has 4 nitrogen and oxygen atoms in total. The van der Waals surface area contributed by atoms with Gasteiger partial charge in [-0.05, 0) is 56.2 Å². The Morgan fingerprint density at radius 2 is 1.64 bits per heavy atom. The molecule has 0 unspecified atom stereocenters. The van der Waals surface area contributed by atoms with E-state index in [9.17, 15) is 9.59 Å². The Kier molecular flexibility index (Phi) is 6.12. The van der Waals surface area contributed by atoms with Gasteiger partial charge in [-0.25, -0.2) is 0 Å². The van der Waals surface area contributed by atoms with Crippen molar-refractivity contribution < 1.29 is 9.59 Å². The lowest BCUT2D eigenvalue weighted by atomic mass is 10.0. The Labute approximate surface area is 149 Å². The first-order chi connectivity index (χ1) is 11.9. The molecule has 2 aromatic rings. The predicted octanol–water partition coefficient (Wildman–Crippen LogP) is 4.26. The van der Waals surface area contributed by atoms with E-state index in [0.29, 0.717) is 11.3 Å². The number of carbonyl (C=O) groups is 2. The smallest absolute Gasteiger partial charge is 0.251 e. The summed E-state index contributed by atoms with van der Waals surface area (Å²) in [5, 5.41) is 5.76. The van der Waals surface area contributed by atoms with Crippen LogP contribution in [0, 0.1) is 0 Å². The highest BCUT2D eigenvalue weighted by atomic mass is 16.2. The molecule has 0 fully saturated rings. The minimum absolute atomic E-state index is 0.117. The van der Waals surface area contributed by atoms with Crippen molar-refractivity contribution >= 4 is 23.6 Å². The first kappa shape index (κ1) is 18.5. The second-order valence-electron chi connectivity index (χ2n) is 6.50. The molecule has 0 aliphatic carbocycles. The van der Waals surface area contributed by atoms with Crippen LogP contribution >= 0.6 is 0 Å². The first-order valence-corrected chi connectivity index (χ1v) is 8.36. The molecular weight excluding hydrogens is 312 g/mol. The third kappa shape index (κ3) is 5.92. The Bertz CT molecular complexity index is 747. The number of anilines is 1. The van der Waals surface area contributed by atoms with E-state index < -0.39 is 0 Å². The number of carbonyl (C=O) groups excluding carboxylic acids is 2. The molecule has 2 amide bonds. The highest BCUT2D eigenvalue weighted by Gasteiger charge is 2.18. The number of amides is 2. The van der Waals surface area contributed by atoms with Crippen molar-refractivity contribution in [3.63, 3.8) is 0 Å². The summed E-state index contributed by atoms with van der Waals surface area (Å²) >= 11 is 0. The van der Waals surface area contributed by atoms with Gasteiger partial charge in [-0.2, -0.15) is 0 Å². The van der Waals surface area contributed by atoms with Gasteiger partial charge >= 0.3 is 0 Å². The van der Waals surface area contributed by atoms with Gasteiger partial charge in [0.05, 0.1) is 0 Å². The van der Waals surface area contributed by atoms with E-state index in [1.165, 1.54) is 6.08 Å². The molecule has 0 bridgehead atoms. The highest BCUT2D eigenvalue weighted by Crippen LogP contribution is 2.13. The summed E-state index contributed by atoms with van der Waals surface area (Å²) in [4.78, 5) is 24.2. The molecule has 25 heavy (non-hydrogen) atoms. The molecule has 4 heteroatoms. The zero-order valence-corrected chi connectivity index (χ0v) is 14.9. The van der Waals surface area contributed by atoms with E-state index in [1.807, 2.05) is 51.1 Å². The van der Waals surface area contributed by atoms with Gasteiger partial charge in [0.25, 0.3) is 5.91 Å². The fourth-order valence-corrected chi connectivity index (χ4v) is 2.09. The molecule has 0 aromatic heterocycles. The maximum Gasteiger partial charge on any atom is 0.251 e. The van der Waals surface area contributed by atoms with Crippen molar-refractivity contribution in [2.24, 2.45) is 0 Å². The zero-order chi connectivity index (χ0) is 18.3. The van der Waals surface area contributed by atoms with E-state index >= 15 is 0 Å². The standard InChI is InChI=1S/C21H24N2O2/c1-4-21(2,3)23-20(25)17-11-13-18(14-12-17)22-19(24)15-10-16-8-6-5-7-9-16/h5-15H,4H2,1-3H3,(H,22,24)(H,23,25)/b15-10+. The van der Waals surface area contributed by atoms with Crippen LogP contribution in [0.4, 0.5) is 5.69 Å². The highest BCUT2D eigenvalue weighted by molar-refractivity contribution is 6.02. The van der Waals surface area contributed by atoms with Crippen molar-refractivity contribution in [3.05, 3.63) is 71.8 Å². The minimum Gasteiger partial charge on any atom is -0.347 e. The van der Waals surface area contributed by atoms with Crippen LogP contribution in [-0.2, 0) is 4.79 Å². The SMILES string of the molecule is CCC(C)(C)NC(=O)c1ccc(NC(=O)/C=C/c2ccccc2)cc1. The Hall–Kier alpha value is -2.88. The van der Waals surface area contributed by atoms with Crippen LogP contribution in [0.2, 0.25) is 0 Å². The van der Waals surface area contributed by atoms with Crippen LogP contribution in [0.5, 0.6) is 0 Å². The van der Waals surface area contributed by atoms with Gasteiger partial charge in [0.2, 0.25) is 5.91 Å². The fourth-order valence-electron chi connectivity index (χ4n) is 2.09. The van der Waals surface area contributed by atoms with E-state index in [4.69, 9.17) is 0 Å². The van der Waals surface area contributed by atoms with Gasteiger partial charge in [-0.1, -0.05) is 37.3 Å². The summed E-state index contributed by atoms with van der Waals surface area (Å²) < 4.78 is 0. The lowest BCUT2D eigenvalue weighted by molar-refractivity contribution is -0.111. The zero-order valence-electron chi connectivity index (χ0n) is 14.9. The molecule has 0 heterocycles. The molecule has 0 aliphatic heterocycles. The van der Waals surface area contributed by atoms with E-state index in [2.05, 4.69) is 10.6 Å². The molecule has 0 saturated carbocycles. The van der Waals surface area contributed by atoms with E-state index in [0.717, 1.165) is 12.0 Å². The number of hydrogen-bond acceptors (Lipinski definition) is 2. The van der Waals surface area contributed by atoms with Crippen LogP contribution < -0.4 is 10.6 Å². The second-order valence-corrected chi connectivity index (χ2v) is 6.50. The third-order valence-electron chi connectivity index (χ3n) is 3.98. The van der Waals surface area contributed by atoms with Crippen molar-refractivity contribution in [2.75, 3.05) is 5.32 Å². The molecule has 2 rings (SSSR count). The van der Waals surface area contributed by atoms with Crippen LogP contribution in [0.15, 0.2) is 60.7 Å². The quantitative estimate of drug-likeness (QED) is 0.775. The Balaban J connectivity index is 1.95. The molecular formula is C21H24N2O2. The van der Waals surface area contributed by atoms with Crippen molar-refractivity contribution in [2.45, 2.75) is 32.7 Å². The van der Waals surface area contributed by atoms with Gasteiger partial charge in [0.1, 0.15) is 0 Å². The maximum atomic E-state index is 12.2. The Morgan fingerprint density at radius 1 is 1.00 bits per heavy atom. The number of benzene rings is 2. The van der Waals surface area contributed by atoms with E-state index in [1.54, 1.807) is 30.3 Å². The van der Waals surface area contributed by atoms with Gasteiger partial charge in [-0.3, -0.25) is 9.59 Å². The molecule has 0 atom stereocenters. The summed E-state index contributed by atoms with van der Waals surface area (Å²) in [6.45, 7) is 6.00. The van der Waals surface area contributed by atoms with Crippen molar-refractivity contribution in [3.8, 4) is 0 Å². The second kappa shape index (κ2) is 8.29. The molecule has 0 radical (unpaired) electrons. The summed E-state index contributed by atoms with van der Waals surface area (Å²) in [6.07, 6.45) is 4.09. The van der Waals surface area contributed by atoms with Gasteiger partial charge in [0, 0.05) is 22.9 Å². The third-order valence-corrected chi connectivity index (χ3v) is 3.98. The maximum absolute atomic E-state index is 12.2. The summed E-state index contributed by atoms with van der Waals surface area (Å²) in [7, 11) is 0. The Morgan fingerprint density at radius 3 is 2.24 bits per heavy atom. The van der Waals surface area contributed by atoms with Crippen LogP contribution in [0.25, 0.3) is 6.08 Å². The molecule has 2 aromatic carbocycles. The van der Waals surface area contributed by atoms with Crippen LogP contribution in [-0.4, -0.2) is 17.4 Å². The average molecular weight is 336 g/mol. The summed E-state index contributed by atoms with van der Waals surface area (Å²) in [6, 6.07) is 16.5. The average Bonchev–Trinajstić information content (AvgIpc) is 2.61. The molecule has 0 aliphatic rings. The fraction of sp³-hybridized carbons (Fsp3) is 0.238. The lowest BCUT2D eigenvalue weighted by Crippen LogP contribution is -2.42. The van der Waals surface area contributed by atoms with Gasteiger partial charge in [0.15, 0.2) is 0 Å². The number of nitrogens with one attached hydrogen (secondary N) is 2.